The van der Waals surface area contributed by atoms with Gasteiger partial charge >= 0.3 is 0 Å². The van der Waals surface area contributed by atoms with Crippen LogP contribution in [-0.2, 0) is 6.42 Å². The lowest BCUT2D eigenvalue weighted by Crippen LogP contribution is -2.29. The minimum absolute atomic E-state index is 0.756. The summed E-state index contributed by atoms with van der Waals surface area (Å²) in [7, 11) is 0. The van der Waals surface area contributed by atoms with Crippen molar-refractivity contribution in [2.75, 3.05) is 23.3 Å². The monoisotopic (exact) mass is 448 g/mol. The van der Waals surface area contributed by atoms with Crippen LogP contribution in [-0.4, -0.2) is 32.7 Å². The van der Waals surface area contributed by atoms with E-state index in [0.29, 0.717) is 0 Å². The predicted molar refractivity (Wildman–Crippen MR) is 138 cm³/mol. The largest absolute Gasteiger partial charge is 0.372 e. The molecule has 3 aromatic heterocycles. The summed E-state index contributed by atoms with van der Waals surface area (Å²) in [6, 6.07) is 21.1. The molecule has 1 saturated heterocycles. The molecule has 0 spiro atoms. The summed E-state index contributed by atoms with van der Waals surface area (Å²) in [5, 5.41) is 9.52. The van der Waals surface area contributed by atoms with Crippen LogP contribution in [0.25, 0.3) is 16.6 Å². The number of piperidine rings is 1. The summed E-state index contributed by atoms with van der Waals surface area (Å²) in [6.07, 6.45) is 8.41. The molecule has 0 radical (unpaired) electrons. The smallest absolute Gasteiger partial charge is 0.153 e. The number of benzene rings is 2. The Hall–Kier alpha value is -3.93. The zero-order chi connectivity index (χ0) is 22.9. The van der Waals surface area contributed by atoms with E-state index in [0.717, 1.165) is 53.3 Å². The Labute approximate surface area is 199 Å². The Morgan fingerprint density at radius 2 is 1.82 bits per heavy atom. The fraction of sp³-hybridized carbons (Fsp3) is 0.250. The van der Waals surface area contributed by atoms with Gasteiger partial charge in [0.1, 0.15) is 0 Å². The molecule has 6 nitrogen and oxygen atoms in total. The Balaban J connectivity index is 1.25. The van der Waals surface area contributed by atoms with E-state index in [1.165, 1.54) is 36.1 Å². The first-order valence-corrected chi connectivity index (χ1v) is 12.0. The van der Waals surface area contributed by atoms with E-state index < -0.39 is 0 Å². The van der Waals surface area contributed by atoms with E-state index in [4.69, 9.17) is 5.10 Å². The van der Waals surface area contributed by atoms with Crippen LogP contribution in [0.2, 0.25) is 0 Å². The first kappa shape index (κ1) is 20.7. The Kier molecular flexibility index (Phi) is 5.34. The highest BCUT2D eigenvalue weighted by Crippen LogP contribution is 2.27. The third-order valence-electron chi connectivity index (χ3n) is 6.68. The highest BCUT2D eigenvalue weighted by molar-refractivity contribution is 5.79. The van der Waals surface area contributed by atoms with Gasteiger partial charge in [0.2, 0.25) is 0 Å². The van der Waals surface area contributed by atoms with Crippen molar-refractivity contribution in [1.29, 1.82) is 0 Å². The van der Waals surface area contributed by atoms with Gasteiger partial charge in [-0.2, -0.15) is 0 Å². The molecule has 6 rings (SSSR count). The van der Waals surface area contributed by atoms with Crippen LogP contribution in [0.4, 0.5) is 17.2 Å². The van der Waals surface area contributed by atoms with Gasteiger partial charge in [0.05, 0.1) is 17.4 Å². The van der Waals surface area contributed by atoms with Gasteiger partial charge in [-0.25, -0.2) is 9.50 Å². The van der Waals surface area contributed by atoms with Gasteiger partial charge in [0.15, 0.2) is 11.5 Å². The standard InChI is InChI=1S/C28H28N6/c1-20-16-23(33-14-3-2-4-15-33)8-10-25(20)31-27-11-12-28-30-19-24(34(28)32-27)18-21-7-9-26-22(17-21)6-5-13-29-26/h5-13,16-17,19H,2-4,14-15,18H2,1H3,(H,31,32). The van der Waals surface area contributed by atoms with Crippen LogP contribution in [0.5, 0.6) is 0 Å². The average Bonchev–Trinajstić information content (AvgIpc) is 3.27. The molecule has 34 heavy (non-hydrogen) atoms. The number of anilines is 3. The maximum Gasteiger partial charge on any atom is 0.153 e. The van der Waals surface area contributed by atoms with Crippen LogP contribution in [0.1, 0.15) is 36.1 Å². The summed E-state index contributed by atoms with van der Waals surface area (Å²) in [5.41, 5.74) is 7.74. The maximum atomic E-state index is 4.86. The van der Waals surface area contributed by atoms with Gasteiger partial charge in [0, 0.05) is 42.5 Å². The van der Waals surface area contributed by atoms with E-state index in [2.05, 4.69) is 69.6 Å². The number of aromatic nitrogens is 4. The first-order valence-electron chi connectivity index (χ1n) is 12.0. The fourth-order valence-corrected chi connectivity index (χ4v) is 4.83. The molecule has 0 atom stereocenters. The van der Waals surface area contributed by atoms with Crippen molar-refractivity contribution in [2.45, 2.75) is 32.6 Å². The second kappa shape index (κ2) is 8.78. The van der Waals surface area contributed by atoms with Gasteiger partial charge in [-0.3, -0.25) is 4.98 Å². The average molecular weight is 449 g/mol. The number of nitrogens with one attached hydrogen (secondary N) is 1. The molecule has 0 aliphatic carbocycles. The van der Waals surface area contributed by atoms with E-state index in [9.17, 15) is 0 Å². The van der Waals surface area contributed by atoms with E-state index in [1.54, 1.807) is 0 Å². The molecule has 0 unspecified atom stereocenters. The highest BCUT2D eigenvalue weighted by atomic mass is 15.3. The summed E-state index contributed by atoms with van der Waals surface area (Å²) in [4.78, 5) is 11.5. The van der Waals surface area contributed by atoms with Crippen molar-refractivity contribution in [2.24, 2.45) is 0 Å². The van der Waals surface area contributed by atoms with Crippen molar-refractivity contribution >= 4 is 33.7 Å². The molecule has 0 amide bonds. The van der Waals surface area contributed by atoms with Gasteiger partial charge in [0.25, 0.3) is 0 Å². The van der Waals surface area contributed by atoms with Crippen molar-refractivity contribution in [3.63, 3.8) is 0 Å². The summed E-state index contributed by atoms with van der Waals surface area (Å²) < 4.78 is 1.94. The minimum Gasteiger partial charge on any atom is -0.372 e. The van der Waals surface area contributed by atoms with Crippen LogP contribution in [0, 0.1) is 6.92 Å². The first-order chi connectivity index (χ1) is 16.7. The van der Waals surface area contributed by atoms with Gasteiger partial charge < -0.3 is 10.2 Å². The van der Waals surface area contributed by atoms with Gasteiger partial charge in [-0.05, 0) is 85.8 Å². The molecule has 0 bridgehead atoms. The quantitative estimate of drug-likeness (QED) is 0.362. The maximum absolute atomic E-state index is 4.86. The lowest BCUT2D eigenvalue weighted by molar-refractivity contribution is 0.578. The molecule has 5 aromatic rings. The van der Waals surface area contributed by atoms with Crippen molar-refractivity contribution in [3.8, 4) is 0 Å². The second-order valence-corrected chi connectivity index (χ2v) is 9.12. The lowest BCUT2D eigenvalue weighted by atomic mass is 10.1. The number of aryl methyl sites for hydroxylation is 1. The topological polar surface area (TPSA) is 58.3 Å². The molecule has 1 aliphatic rings. The normalized spacial score (nSPS) is 14.1. The van der Waals surface area contributed by atoms with E-state index >= 15 is 0 Å². The molecule has 0 saturated carbocycles. The molecule has 6 heteroatoms. The van der Waals surface area contributed by atoms with Crippen LogP contribution in [0.3, 0.4) is 0 Å². The van der Waals surface area contributed by atoms with Crippen molar-refractivity contribution in [3.05, 3.63) is 89.9 Å². The molecule has 2 aromatic carbocycles. The number of fused-ring (bicyclic) bond motifs is 2. The van der Waals surface area contributed by atoms with Crippen LogP contribution in [0.15, 0.2) is 73.1 Å². The molecular formula is C28H28N6. The van der Waals surface area contributed by atoms with Gasteiger partial charge in [-0.1, -0.05) is 12.1 Å². The summed E-state index contributed by atoms with van der Waals surface area (Å²) in [5.74, 6) is 0.809. The second-order valence-electron chi connectivity index (χ2n) is 9.12. The predicted octanol–water partition coefficient (Wildman–Crippen LogP) is 5.91. The number of hydrogen-bond donors (Lipinski definition) is 1. The van der Waals surface area contributed by atoms with Crippen LogP contribution >= 0.6 is 0 Å². The molecule has 1 N–H and O–H groups in total. The number of hydrogen-bond acceptors (Lipinski definition) is 5. The molecule has 1 aliphatic heterocycles. The zero-order valence-electron chi connectivity index (χ0n) is 19.4. The number of pyridine rings is 1. The lowest BCUT2D eigenvalue weighted by Gasteiger charge is -2.29. The number of rotatable bonds is 5. The van der Waals surface area contributed by atoms with Crippen molar-refractivity contribution in [1.82, 2.24) is 19.6 Å². The highest BCUT2D eigenvalue weighted by Gasteiger charge is 2.13. The van der Waals surface area contributed by atoms with Crippen molar-refractivity contribution < 1.29 is 0 Å². The summed E-state index contributed by atoms with van der Waals surface area (Å²) in [6.45, 7) is 4.47. The molecule has 1 fully saturated rings. The van der Waals surface area contributed by atoms with Crippen LogP contribution < -0.4 is 10.2 Å². The molecule has 170 valence electrons. The third-order valence-corrected chi connectivity index (χ3v) is 6.68. The third kappa shape index (κ3) is 4.07. The zero-order valence-corrected chi connectivity index (χ0v) is 19.4. The Bertz CT molecular complexity index is 1460. The van der Waals surface area contributed by atoms with Gasteiger partial charge in [-0.15, -0.1) is 5.10 Å². The SMILES string of the molecule is Cc1cc(N2CCCCC2)ccc1Nc1ccc2ncc(Cc3ccc4ncccc4c3)n2n1. The Morgan fingerprint density at radius 1 is 0.912 bits per heavy atom. The minimum atomic E-state index is 0.756. The van der Waals surface area contributed by atoms with E-state index in [1.807, 2.05) is 35.1 Å². The molecular weight excluding hydrogens is 420 g/mol. The number of nitrogens with zero attached hydrogens (tertiary/aromatic N) is 5. The molecule has 4 heterocycles. The fourth-order valence-electron chi connectivity index (χ4n) is 4.83. The number of imidazole rings is 1. The van der Waals surface area contributed by atoms with E-state index in [-0.39, 0.29) is 0 Å². The Morgan fingerprint density at radius 3 is 2.71 bits per heavy atom. The summed E-state index contributed by atoms with van der Waals surface area (Å²) >= 11 is 0.